The second-order valence-corrected chi connectivity index (χ2v) is 8.17. The van der Waals surface area contributed by atoms with Crippen molar-refractivity contribution in [2.24, 2.45) is 0 Å². The summed E-state index contributed by atoms with van der Waals surface area (Å²) in [6.07, 6.45) is -0.170. The molecule has 1 saturated heterocycles. The average molecular weight is 475 g/mol. The molecular weight excluding hydrogens is 456 g/mol. The molecular formula is C22H19ClN2O6S. The molecule has 0 aliphatic carbocycles. The first-order valence-corrected chi connectivity index (χ1v) is 10.7. The molecule has 1 aliphatic heterocycles. The number of benzene rings is 2. The lowest BCUT2D eigenvalue weighted by Gasteiger charge is -2.08. The van der Waals surface area contributed by atoms with Crippen molar-refractivity contribution >= 4 is 57.3 Å². The van der Waals surface area contributed by atoms with Gasteiger partial charge < -0.3 is 9.84 Å². The zero-order chi connectivity index (χ0) is 23.4. The Labute approximate surface area is 192 Å². The Kier molecular flexibility index (Phi) is 7.22. The smallest absolute Gasteiger partial charge is 0.307 e. The topological polar surface area (TPSA) is 115 Å². The number of aliphatic carboxylic acids is 1. The summed E-state index contributed by atoms with van der Waals surface area (Å²) in [6, 6.07) is 11.9. The van der Waals surface area contributed by atoms with Gasteiger partial charge in [0, 0.05) is 21.7 Å². The molecule has 0 radical (unpaired) electrons. The van der Waals surface area contributed by atoms with Gasteiger partial charge in [-0.3, -0.25) is 29.1 Å². The van der Waals surface area contributed by atoms with Gasteiger partial charge in [-0.25, -0.2) is 0 Å². The lowest BCUT2D eigenvalue weighted by molar-refractivity contribution is -0.136. The molecule has 1 aromatic heterocycles. The van der Waals surface area contributed by atoms with Gasteiger partial charge >= 0.3 is 5.97 Å². The maximum absolute atomic E-state index is 13.0. The van der Waals surface area contributed by atoms with E-state index in [4.69, 9.17) is 16.3 Å². The Bertz CT molecular complexity index is 1210. The van der Waals surface area contributed by atoms with Crippen LogP contribution in [0.1, 0.15) is 21.6 Å². The van der Waals surface area contributed by atoms with Crippen molar-refractivity contribution < 1.29 is 29.0 Å². The van der Waals surface area contributed by atoms with Crippen LogP contribution >= 0.6 is 23.4 Å². The van der Waals surface area contributed by atoms with Crippen LogP contribution in [-0.4, -0.2) is 45.6 Å². The Hall–Kier alpha value is -3.30. The number of methoxy groups -OCH3 is 1. The third kappa shape index (κ3) is 5.12. The summed E-state index contributed by atoms with van der Waals surface area (Å²) < 4.78 is 6.77. The normalized spacial score (nSPS) is 12.8. The highest BCUT2D eigenvalue weighted by Crippen LogP contribution is 2.30. The van der Waals surface area contributed by atoms with Crippen LogP contribution < -0.4 is 10.1 Å². The number of thioether (sulfide) groups is 1. The number of ether oxygens (including phenoxy) is 1. The van der Waals surface area contributed by atoms with Gasteiger partial charge in [-0.05, 0) is 55.0 Å². The van der Waals surface area contributed by atoms with Gasteiger partial charge in [0.05, 0.1) is 24.8 Å². The van der Waals surface area contributed by atoms with E-state index < -0.39 is 5.97 Å². The highest BCUT2D eigenvalue weighted by Gasteiger charge is 2.21. The second kappa shape index (κ2) is 9.88. The van der Waals surface area contributed by atoms with Crippen molar-refractivity contribution in [3.8, 4) is 5.75 Å². The summed E-state index contributed by atoms with van der Waals surface area (Å²) in [5, 5.41) is 12.3. The van der Waals surface area contributed by atoms with Crippen molar-refractivity contribution in [1.29, 1.82) is 0 Å². The number of hydrogen-bond acceptors (Lipinski definition) is 6. The summed E-state index contributed by atoms with van der Waals surface area (Å²) >= 11 is 6.89. The third-order valence-corrected chi connectivity index (χ3v) is 5.76. The van der Waals surface area contributed by atoms with Crippen molar-refractivity contribution in [3.63, 3.8) is 0 Å². The van der Waals surface area contributed by atoms with Crippen molar-refractivity contribution in [2.75, 3.05) is 12.9 Å². The molecule has 8 nitrogen and oxygen atoms in total. The molecule has 4 rings (SSSR count). The van der Waals surface area contributed by atoms with E-state index in [1.54, 1.807) is 56.5 Å². The molecule has 0 unspecified atom stereocenters. The van der Waals surface area contributed by atoms with Crippen molar-refractivity contribution in [1.82, 2.24) is 9.88 Å². The van der Waals surface area contributed by atoms with E-state index in [0.29, 0.717) is 44.2 Å². The van der Waals surface area contributed by atoms with E-state index in [1.165, 1.54) is 4.57 Å². The van der Waals surface area contributed by atoms with Crippen LogP contribution in [0.4, 0.5) is 4.79 Å². The van der Waals surface area contributed by atoms with Gasteiger partial charge in [-0.15, -0.1) is 0 Å². The predicted octanol–water partition coefficient (Wildman–Crippen LogP) is 3.90. The fraction of sp³-hybridized carbons (Fsp3) is 0.182. The quantitative estimate of drug-likeness (QED) is 0.589. The fourth-order valence-corrected chi connectivity index (χ4v) is 3.91. The number of rotatable bonds is 4. The van der Waals surface area contributed by atoms with Crippen LogP contribution in [0.2, 0.25) is 5.02 Å². The number of carboxylic acids is 1. The summed E-state index contributed by atoms with van der Waals surface area (Å²) in [5.74, 6) is -0.478. The molecule has 2 heterocycles. The molecule has 166 valence electrons. The number of hydrogen-bond donors (Lipinski definition) is 2. The number of nitrogens with zero attached hydrogens (tertiary/aromatic N) is 1. The fourth-order valence-electron chi connectivity index (χ4n) is 3.26. The number of fused-ring (bicyclic) bond motifs is 1. The van der Waals surface area contributed by atoms with E-state index in [0.717, 1.165) is 11.8 Å². The standard InChI is InChI=1S/C19H16ClNO4.C3H3NO2S/c1-11-15(10-18(22)23)16-9-14(25-2)7-8-17(16)21(11)19(24)12-3-5-13(20)6-4-12;5-2-1-7-3(6)4-2/h3-9H,10H2,1-2H3,(H,22,23);1H2,(H,4,5,6). The van der Waals surface area contributed by atoms with Gasteiger partial charge in [0.1, 0.15) is 5.75 Å². The molecule has 32 heavy (non-hydrogen) atoms. The van der Waals surface area contributed by atoms with Crippen LogP contribution in [0, 0.1) is 6.92 Å². The second-order valence-electron chi connectivity index (χ2n) is 6.79. The first-order chi connectivity index (χ1) is 15.2. The molecule has 2 amide bonds. The van der Waals surface area contributed by atoms with Crippen LogP contribution in [-0.2, 0) is 16.0 Å². The lowest BCUT2D eigenvalue weighted by Crippen LogP contribution is -2.18. The molecule has 0 atom stereocenters. The monoisotopic (exact) mass is 474 g/mol. The third-order valence-electron chi connectivity index (χ3n) is 4.74. The minimum Gasteiger partial charge on any atom is -0.497 e. The Morgan fingerprint density at radius 2 is 1.88 bits per heavy atom. The molecule has 0 saturated carbocycles. The predicted molar refractivity (Wildman–Crippen MR) is 122 cm³/mol. The Morgan fingerprint density at radius 3 is 2.38 bits per heavy atom. The van der Waals surface area contributed by atoms with E-state index in [9.17, 15) is 24.3 Å². The molecule has 2 N–H and O–H groups in total. The van der Waals surface area contributed by atoms with Crippen molar-refractivity contribution in [3.05, 3.63) is 64.3 Å². The number of nitrogens with one attached hydrogen (secondary N) is 1. The minimum absolute atomic E-state index is 0.170. The number of imide groups is 1. The van der Waals surface area contributed by atoms with Crippen LogP contribution in [0.5, 0.6) is 5.75 Å². The van der Waals surface area contributed by atoms with Crippen LogP contribution in [0.25, 0.3) is 10.9 Å². The summed E-state index contributed by atoms with van der Waals surface area (Å²) in [4.78, 5) is 44.4. The first kappa shape index (κ1) is 23.4. The molecule has 1 fully saturated rings. The van der Waals surface area contributed by atoms with Crippen molar-refractivity contribution in [2.45, 2.75) is 13.3 Å². The molecule has 1 aliphatic rings. The average Bonchev–Trinajstić information content (AvgIpc) is 3.27. The summed E-state index contributed by atoms with van der Waals surface area (Å²) in [5.41, 5.74) is 2.32. The number of carbonyl (C=O) groups is 4. The molecule has 3 aromatic rings. The Balaban J connectivity index is 0.000000352. The van der Waals surface area contributed by atoms with Crippen LogP contribution in [0.3, 0.4) is 0 Å². The first-order valence-electron chi connectivity index (χ1n) is 9.38. The largest absolute Gasteiger partial charge is 0.497 e. The van der Waals surface area contributed by atoms with E-state index in [-0.39, 0.29) is 23.5 Å². The van der Waals surface area contributed by atoms with Gasteiger partial charge in [0.15, 0.2) is 0 Å². The molecule has 0 spiro atoms. The molecule has 10 heteroatoms. The minimum atomic E-state index is -0.955. The van der Waals surface area contributed by atoms with Gasteiger partial charge in [0.2, 0.25) is 5.91 Å². The van der Waals surface area contributed by atoms with Gasteiger partial charge in [-0.1, -0.05) is 23.4 Å². The summed E-state index contributed by atoms with van der Waals surface area (Å²) in [6.45, 7) is 1.75. The lowest BCUT2D eigenvalue weighted by atomic mass is 10.1. The van der Waals surface area contributed by atoms with E-state index in [1.807, 2.05) is 0 Å². The number of amides is 2. The number of halogens is 1. The van der Waals surface area contributed by atoms with Gasteiger partial charge in [0.25, 0.3) is 11.1 Å². The highest BCUT2D eigenvalue weighted by molar-refractivity contribution is 8.14. The van der Waals surface area contributed by atoms with Gasteiger partial charge in [-0.2, -0.15) is 0 Å². The van der Waals surface area contributed by atoms with Crippen LogP contribution in [0.15, 0.2) is 42.5 Å². The molecule has 2 aromatic carbocycles. The van der Waals surface area contributed by atoms with E-state index in [2.05, 4.69) is 5.32 Å². The number of aromatic nitrogens is 1. The Morgan fingerprint density at radius 1 is 1.19 bits per heavy atom. The zero-order valence-corrected chi connectivity index (χ0v) is 18.7. The maximum Gasteiger partial charge on any atom is 0.307 e. The molecule has 0 bridgehead atoms. The maximum atomic E-state index is 13.0. The zero-order valence-electron chi connectivity index (χ0n) is 17.2. The van der Waals surface area contributed by atoms with E-state index >= 15 is 0 Å². The highest BCUT2D eigenvalue weighted by atomic mass is 35.5. The number of carbonyl (C=O) groups excluding carboxylic acids is 3. The number of carboxylic acid groups (broad SMARTS) is 1. The SMILES string of the molecule is COc1ccc2c(c1)c(CC(=O)O)c(C)n2C(=O)c1ccc(Cl)cc1.O=C1CSC(=O)N1. The summed E-state index contributed by atoms with van der Waals surface area (Å²) in [7, 11) is 1.54.